The minimum Gasteiger partial charge on any atom is -0.504 e. The molecule has 2 aromatic heterocycles. The van der Waals surface area contributed by atoms with Crippen LogP contribution in [0.15, 0.2) is 48.7 Å². The lowest BCUT2D eigenvalue weighted by Gasteiger charge is -2.34. The van der Waals surface area contributed by atoms with Gasteiger partial charge in [-0.05, 0) is 24.3 Å². The third-order valence-electron chi connectivity index (χ3n) is 4.59. The van der Waals surface area contributed by atoms with Crippen molar-refractivity contribution in [1.29, 1.82) is 0 Å². The van der Waals surface area contributed by atoms with Gasteiger partial charge in [0.2, 0.25) is 0 Å². The van der Waals surface area contributed by atoms with Crippen LogP contribution in [0.2, 0.25) is 4.34 Å². The van der Waals surface area contributed by atoms with E-state index in [4.69, 9.17) is 11.6 Å². The zero-order chi connectivity index (χ0) is 18.8. The largest absolute Gasteiger partial charge is 0.504 e. The zero-order valence-corrected chi connectivity index (χ0v) is 16.2. The first-order chi connectivity index (χ1) is 13.1. The van der Waals surface area contributed by atoms with E-state index >= 15 is 0 Å². The Morgan fingerprint density at radius 3 is 2.52 bits per heavy atom. The molecule has 0 aliphatic carbocycles. The second-order valence-corrected chi connectivity index (χ2v) is 8.22. The highest BCUT2D eigenvalue weighted by atomic mass is 35.5. The van der Waals surface area contributed by atoms with Crippen LogP contribution in [0.4, 0.5) is 0 Å². The van der Waals surface area contributed by atoms with Gasteiger partial charge in [0.15, 0.2) is 11.4 Å². The molecule has 6 nitrogen and oxygen atoms in total. The van der Waals surface area contributed by atoms with Crippen molar-refractivity contribution < 1.29 is 9.90 Å². The fourth-order valence-corrected chi connectivity index (χ4v) is 4.28. The zero-order valence-electron chi connectivity index (χ0n) is 14.6. The van der Waals surface area contributed by atoms with Gasteiger partial charge in [-0.15, -0.1) is 11.3 Å². The van der Waals surface area contributed by atoms with Crippen LogP contribution in [0.3, 0.4) is 0 Å². The maximum atomic E-state index is 12.8. The first kappa shape index (κ1) is 18.0. The van der Waals surface area contributed by atoms with Crippen molar-refractivity contribution in [1.82, 2.24) is 19.6 Å². The number of rotatable bonds is 4. The van der Waals surface area contributed by atoms with Gasteiger partial charge in [0.25, 0.3) is 5.91 Å². The number of aromatic nitrogens is 2. The molecule has 3 aromatic rings. The molecule has 1 amide bonds. The van der Waals surface area contributed by atoms with E-state index in [0.717, 1.165) is 29.7 Å². The third kappa shape index (κ3) is 4.00. The number of carbonyl (C=O) groups excluding carboxylic acids is 1. The fourth-order valence-electron chi connectivity index (χ4n) is 3.15. The molecular formula is C19H19ClN4O2S. The van der Waals surface area contributed by atoms with E-state index in [0.29, 0.717) is 13.1 Å². The van der Waals surface area contributed by atoms with E-state index < -0.39 is 0 Å². The minimum absolute atomic E-state index is 0.0948. The van der Waals surface area contributed by atoms with E-state index in [9.17, 15) is 9.90 Å². The number of hydrogen-bond donors (Lipinski definition) is 1. The van der Waals surface area contributed by atoms with Crippen molar-refractivity contribution in [2.45, 2.75) is 6.54 Å². The van der Waals surface area contributed by atoms with Gasteiger partial charge in [-0.25, -0.2) is 4.68 Å². The molecule has 1 aliphatic rings. The number of carbonyl (C=O) groups is 1. The Kier molecular flexibility index (Phi) is 5.15. The maximum absolute atomic E-state index is 12.8. The highest BCUT2D eigenvalue weighted by Gasteiger charge is 2.26. The van der Waals surface area contributed by atoms with Crippen LogP contribution in [0, 0.1) is 0 Å². The molecule has 140 valence electrons. The summed E-state index contributed by atoms with van der Waals surface area (Å²) in [6.45, 7) is 3.61. The normalized spacial score (nSPS) is 15.2. The lowest BCUT2D eigenvalue weighted by atomic mass is 10.2. The van der Waals surface area contributed by atoms with Gasteiger partial charge in [-0.2, -0.15) is 5.10 Å². The third-order valence-corrected chi connectivity index (χ3v) is 5.80. The number of thiophene rings is 1. The molecule has 0 saturated carbocycles. The lowest BCUT2D eigenvalue weighted by Crippen LogP contribution is -2.48. The maximum Gasteiger partial charge on any atom is 0.278 e. The Balaban J connectivity index is 1.40. The van der Waals surface area contributed by atoms with Crippen LogP contribution in [-0.4, -0.2) is 56.8 Å². The summed E-state index contributed by atoms with van der Waals surface area (Å²) in [6.07, 6.45) is 1.47. The first-order valence-corrected chi connectivity index (χ1v) is 9.89. The number of amides is 1. The highest BCUT2D eigenvalue weighted by Crippen LogP contribution is 2.24. The van der Waals surface area contributed by atoms with E-state index in [2.05, 4.69) is 10.00 Å². The lowest BCUT2D eigenvalue weighted by molar-refractivity contribution is 0.0620. The molecule has 8 heteroatoms. The number of halogens is 1. The summed E-state index contributed by atoms with van der Waals surface area (Å²) in [4.78, 5) is 18.1. The summed E-state index contributed by atoms with van der Waals surface area (Å²) in [5.74, 6) is -0.333. The Morgan fingerprint density at radius 1 is 1.11 bits per heavy atom. The van der Waals surface area contributed by atoms with Gasteiger partial charge in [-0.3, -0.25) is 9.69 Å². The molecule has 1 fully saturated rings. The quantitative estimate of drug-likeness (QED) is 0.727. The Morgan fingerprint density at radius 2 is 1.85 bits per heavy atom. The summed E-state index contributed by atoms with van der Waals surface area (Å²) in [6, 6.07) is 13.4. The number of para-hydroxylation sites is 1. The molecule has 0 bridgehead atoms. The van der Waals surface area contributed by atoms with Crippen molar-refractivity contribution in [3.05, 3.63) is 63.6 Å². The molecule has 0 spiro atoms. The predicted molar refractivity (Wildman–Crippen MR) is 106 cm³/mol. The van der Waals surface area contributed by atoms with Crippen molar-refractivity contribution in [2.24, 2.45) is 0 Å². The second-order valence-electron chi connectivity index (χ2n) is 6.42. The number of benzene rings is 1. The van der Waals surface area contributed by atoms with Crippen LogP contribution in [0.25, 0.3) is 5.69 Å². The van der Waals surface area contributed by atoms with E-state index in [1.807, 2.05) is 42.5 Å². The Hall–Kier alpha value is -2.35. The Bertz CT molecular complexity index is 932. The number of aromatic hydroxyl groups is 1. The molecule has 1 N–H and O–H groups in total. The monoisotopic (exact) mass is 402 g/mol. The summed E-state index contributed by atoms with van der Waals surface area (Å²) >= 11 is 7.57. The van der Waals surface area contributed by atoms with Crippen LogP contribution in [-0.2, 0) is 6.54 Å². The Labute approximate surface area is 166 Å². The molecule has 27 heavy (non-hydrogen) atoms. The SMILES string of the molecule is O=C(c1nn(-c2ccccc2)cc1O)N1CCN(Cc2ccc(Cl)s2)CC1. The van der Waals surface area contributed by atoms with Gasteiger partial charge >= 0.3 is 0 Å². The molecule has 1 saturated heterocycles. The summed E-state index contributed by atoms with van der Waals surface area (Å²) in [5.41, 5.74) is 0.892. The van der Waals surface area contributed by atoms with Gasteiger partial charge in [0, 0.05) is 37.6 Å². The molecule has 3 heterocycles. The van der Waals surface area contributed by atoms with Crippen molar-refractivity contribution in [2.75, 3.05) is 26.2 Å². The van der Waals surface area contributed by atoms with Crippen molar-refractivity contribution >= 4 is 28.8 Å². The van der Waals surface area contributed by atoms with E-state index in [-0.39, 0.29) is 17.4 Å². The molecule has 0 atom stereocenters. The van der Waals surface area contributed by atoms with Gasteiger partial charge < -0.3 is 10.0 Å². The number of nitrogens with zero attached hydrogens (tertiary/aromatic N) is 4. The van der Waals surface area contributed by atoms with E-state index in [1.165, 1.54) is 15.8 Å². The standard InChI is InChI=1S/C19H19ClN4O2S/c20-17-7-6-15(27-17)12-22-8-10-23(11-9-22)19(26)18-16(25)13-24(21-18)14-4-2-1-3-5-14/h1-7,13,25H,8-12H2. The summed E-state index contributed by atoms with van der Waals surface area (Å²) in [7, 11) is 0. The van der Waals surface area contributed by atoms with Gasteiger partial charge in [-0.1, -0.05) is 29.8 Å². The van der Waals surface area contributed by atoms with Crippen molar-refractivity contribution in [3.63, 3.8) is 0 Å². The summed E-state index contributed by atoms with van der Waals surface area (Å²) in [5, 5.41) is 14.5. The average Bonchev–Trinajstić information content (AvgIpc) is 3.28. The number of piperazine rings is 1. The topological polar surface area (TPSA) is 61.6 Å². The average molecular weight is 403 g/mol. The molecule has 1 aromatic carbocycles. The minimum atomic E-state index is -0.235. The van der Waals surface area contributed by atoms with Gasteiger partial charge in [0.1, 0.15) is 0 Å². The molecule has 4 rings (SSSR count). The van der Waals surface area contributed by atoms with Crippen LogP contribution in [0.1, 0.15) is 15.4 Å². The second kappa shape index (κ2) is 7.72. The molecule has 1 aliphatic heterocycles. The molecule has 0 unspecified atom stereocenters. The van der Waals surface area contributed by atoms with Gasteiger partial charge in [0.05, 0.1) is 16.2 Å². The number of hydrogen-bond acceptors (Lipinski definition) is 5. The van der Waals surface area contributed by atoms with Crippen molar-refractivity contribution in [3.8, 4) is 11.4 Å². The van der Waals surface area contributed by atoms with E-state index in [1.54, 1.807) is 16.2 Å². The van der Waals surface area contributed by atoms with Crippen LogP contribution in [0.5, 0.6) is 5.75 Å². The smallest absolute Gasteiger partial charge is 0.278 e. The van der Waals surface area contributed by atoms with Crippen LogP contribution < -0.4 is 0 Å². The predicted octanol–water partition coefficient (Wildman–Crippen LogP) is 3.25. The highest BCUT2D eigenvalue weighted by molar-refractivity contribution is 7.16. The molecule has 0 radical (unpaired) electrons. The fraction of sp³-hybridized carbons (Fsp3) is 0.263. The van der Waals surface area contributed by atoms with Crippen LogP contribution >= 0.6 is 22.9 Å². The first-order valence-electron chi connectivity index (χ1n) is 8.70. The molecular weight excluding hydrogens is 384 g/mol. The summed E-state index contributed by atoms with van der Waals surface area (Å²) < 4.78 is 2.32.